The molecule has 0 radical (unpaired) electrons. The first-order valence-electron chi connectivity index (χ1n) is 11.3. The Morgan fingerprint density at radius 3 is 2.11 bits per heavy atom. The molecular weight excluding hydrogens is 464 g/mol. The number of benzene rings is 3. The molecule has 0 unspecified atom stereocenters. The first kappa shape index (κ1) is 24.3. The van der Waals surface area contributed by atoms with E-state index in [4.69, 9.17) is 4.74 Å². The van der Waals surface area contributed by atoms with Crippen LogP contribution in [-0.4, -0.2) is 47.4 Å². The van der Waals surface area contributed by atoms with Crippen LogP contribution in [0.1, 0.15) is 22.6 Å². The van der Waals surface area contributed by atoms with E-state index in [1.807, 2.05) is 78.9 Å². The SMILES string of the molecule is O=C(Cc1ccccc1)NCSC[C@H](NC(=O)OCC1c2ccccc2-c2ccccc21)C(=O)O. The Morgan fingerprint density at radius 1 is 0.886 bits per heavy atom. The molecule has 4 rings (SSSR count). The summed E-state index contributed by atoms with van der Waals surface area (Å²) in [6.45, 7) is 0.106. The number of hydrogen-bond acceptors (Lipinski definition) is 5. The van der Waals surface area contributed by atoms with Crippen molar-refractivity contribution in [2.45, 2.75) is 18.4 Å². The summed E-state index contributed by atoms with van der Waals surface area (Å²) >= 11 is 1.21. The summed E-state index contributed by atoms with van der Waals surface area (Å²) in [4.78, 5) is 36.1. The van der Waals surface area contributed by atoms with E-state index in [1.165, 1.54) is 11.8 Å². The molecule has 0 saturated heterocycles. The third kappa shape index (κ3) is 6.22. The van der Waals surface area contributed by atoms with Crippen LogP contribution in [0.5, 0.6) is 0 Å². The molecule has 0 fully saturated rings. The maximum Gasteiger partial charge on any atom is 0.407 e. The molecule has 0 saturated carbocycles. The Hall–Kier alpha value is -3.78. The normalized spacial score (nSPS) is 12.8. The standard InChI is InChI=1S/C27H26N2O5S/c30-25(14-18-8-2-1-3-9-18)28-17-35-16-24(26(31)32)29-27(33)34-15-23-21-12-6-4-10-19(21)20-11-5-7-13-22(20)23/h1-13,23-24H,14-17H2,(H,28,30)(H,29,33)(H,31,32)/t24-/m0/s1. The Labute approximate surface area is 207 Å². The quantitative estimate of drug-likeness (QED) is 0.293. The zero-order valence-corrected chi connectivity index (χ0v) is 19.8. The van der Waals surface area contributed by atoms with E-state index in [1.54, 1.807) is 0 Å². The molecule has 180 valence electrons. The highest BCUT2D eigenvalue weighted by molar-refractivity contribution is 7.99. The highest BCUT2D eigenvalue weighted by Crippen LogP contribution is 2.44. The van der Waals surface area contributed by atoms with Crippen molar-refractivity contribution in [2.24, 2.45) is 0 Å². The molecule has 0 bridgehead atoms. The first-order chi connectivity index (χ1) is 17.0. The Balaban J connectivity index is 1.24. The number of aliphatic carboxylic acids is 1. The van der Waals surface area contributed by atoms with Crippen molar-refractivity contribution in [3.63, 3.8) is 0 Å². The lowest BCUT2D eigenvalue weighted by Crippen LogP contribution is -2.43. The second-order valence-electron chi connectivity index (χ2n) is 8.14. The van der Waals surface area contributed by atoms with E-state index >= 15 is 0 Å². The molecule has 8 heteroatoms. The highest BCUT2D eigenvalue weighted by atomic mass is 32.2. The van der Waals surface area contributed by atoms with Gasteiger partial charge in [0.1, 0.15) is 12.6 Å². The second kappa shape index (κ2) is 11.6. The van der Waals surface area contributed by atoms with E-state index < -0.39 is 18.1 Å². The fourth-order valence-corrected chi connectivity index (χ4v) is 4.95. The zero-order valence-electron chi connectivity index (χ0n) is 19.0. The van der Waals surface area contributed by atoms with Gasteiger partial charge < -0.3 is 20.5 Å². The number of thioether (sulfide) groups is 1. The number of hydrogen-bond donors (Lipinski definition) is 3. The summed E-state index contributed by atoms with van der Waals surface area (Å²) < 4.78 is 5.44. The largest absolute Gasteiger partial charge is 0.480 e. The van der Waals surface area contributed by atoms with Crippen LogP contribution in [0.25, 0.3) is 11.1 Å². The highest BCUT2D eigenvalue weighted by Gasteiger charge is 2.29. The van der Waals surface area contributed by atoms with E-state index in [0.29, 0.717) is 0 Å². The van der Waals surface area contributed by atoms with Crippen LogP contribution in [0.2, 0.25) is 0 Å². The predicted molar refractivity (Wildman–Crippen MR) is 135 cm³/mol. The van der Waals surface area contributed by atoms with Crippen molar-refractivity contribution in [3.8, 4) is 11.1 Å². The van der Waals surface area contributed by atoms with E-state index in [2.05, 4.69) is 10.6 Å². The van der Waals surface area contributed by atoms with E-state index in [-0.39, 0.29) is 36.5 Å². The Bertz CT molecular complexity index is 1160. The third-order valence-corrected chi connectivity index (χ3v) is 6.71. The smallest absolute Gasteiger partial charge is 0.407 e. The van der Waals surface area contributed by atoms with Crippen LogP contribution in [0.15, 0.2) is 78.9 Å². The second-order valence-corrected chi connectivity index (χ2v) is 9.17. The summed E-state index contributed by atoms with van der Waals surface area (Å²) in [5.74, 6) is -1.10. The number of nitrogens with one attached hydrogen (secondary N) is 2. The molecule has 2 amide bonds. The van der Waals surface area contributed by atoms with E-state index in [9.17, 15) is 19.5 Å². The molecule has 0 spiro atoms. The molecule has 0 aliphatic heterocycles. The monoisotopic (exact) mass is 490 g/mol. The molecule has 3 aromatic carbocycles. The lowest BCUT2D eigenvalue weighted by molar-refractivity contribution is -0.138. The van der Waals surface area contributed by atoms with Gasteiger partial charge in [0.2, 0.25) is 5.91 Å². The van der Waals surface area contributed by atoms with Crippen molar-refractivity contribution in [3.05, 3.63) is 95.6 Å². The summed E-state index contributed by atoms with van der Waals surface area (Å²) in [5, 5.41) is 14.7. The van der Waals surface area contributed by atoms with Gasteiger partial charge in [0, 0.05) is 11.7 Å². The minimum atomic E-state index is -1.17. The van der Waals surface area contributed by atoms with Crippen molar-refractivity contribution in [1.29, 1.82) is 0 Å². The van der Waals surface area contributed by atoms with E-state index in [0.717, 1.165) is 27.8 Å². The van der Waals surface area contributed by atoms with Crippen molar-refractivity contribution in [1.82, 2.24) is 10.6 Å². The maximum atomic E-state index is 12.4. The van der Waals surface area contributed by atoms with Gasteiger partial charge in [0.05, 0.1) is 12.3 Å². The van der Waals surface area contributed by atoms with Gasteiger partial charge in [-0.25, -0.2) is 9.59 Å². The van der Waals surface area contributed by atoms with Gasteiger partial charge in [-0.3, -0.25) is 4.79 Å². The number of carboxylic acids is 1. The number of rotatable bonds is 10. The number of alkyl carbamates (subject to hydrolysis) is 1. The average Bonchev–Trinajstić information content (AvgIpc) is 3.19. The van der Waals surface area contributed by atoms with Crippen LogP contribution in [0.4, 0.5) is 4.79 Å². The maximum absolute atomic E-state index is 12.4. The van der Waals surface area contributed by atoms with Gasteiger partial charge in [-0.05, 0) is 27.8 Å². The Kier molecular flexibility index (Phi) is 8.05. The van der Waals surface area contributed by atoms with Crippen LogP contribution >= 0.6 is 11.8 Å². The predicted octanol–water partition coefficient (Wildman–Crippen LogP) is 4.03. The van der Waals surface area contributed by atoms with Crippen LogP contribution < -0.4 is 10.6 Å². The number of fused-ring (bicyclic) bond motifs is 3. The molecule has 3 N–H and O–H groups in total. The summed E-state index contributed by atoms with van der Waals surface area (Å²) in [6, 6.07) is 24.2. The van der Waals surface area contributed by atoms with Gasteiger partial charge in [0.15, 0.2) is 0 Å². The molecule has 0 heterocycles. The molecule has 1 atom stereocenters. The van der Waals surface area contributed by atoms with Crippen molar-refractivity contribution >= 4 is 29.7 Å². The summed E-state index contributed by atoms with van der Waals surface area (Å²) in [6.07, 6.45) is -0.533. The van der Waals surface area contributed by atoms with Crippen LogP contribution in [-0.2, 0) is 20.7 Å². The molecular formula is C27H26N2O5S. The summed E-state index contributed by atoms with van der Waals surface area (Å²) in [7, 11) is 0. The van der Waals surface area contributed by atoms with Crippen LogP contribution in [0.3, 0.4) is 0 Å². The van der Waals surface area contributed by atoms with Crippen molar-refractivity contribution in [2.75, 3.05) is 18.2 Å². The van der Waals surface area contributed by atoms with Gasteiger partial charge >= 0.3 is 12.1 Å². The lowest BCUT2D eigenvalue weighted by atomic mass is 9.98. The fraction of sp³-hybridized carbons (Fsp3) is 0.222. The fourth-order valence-electron chi connectivity index (χ4n) is 4.11. The zero-order chi connectivity index (χ0) is 24.6. The molecule has 3 aromatic rings. The van der Waals surface area contributed by atoms with Gasteiger partial charge in [-0.1, -0.05) is 78.9 Å². The lowest BCUT2D eigenvalue weighted by Gasteiger charge is -2.17. The average molecular weight is 491 g/mol. The van der Waals surface area contributed by atoms with Crippen molar-refractivity contribution < 1.29 is 24.2 Å². The molecule has 7 nitrogen and oxygen atoms in total. The number of amides is 2. The number of carbonyl (C=O) groups is 3. The molecule has 0 aromatic heterocycles. The number of carbonyl (C=O) groups excluding carboxylic acids is 2. The number of carboxylic acid groups (broad SMARTS) is 1. The number of ether oxygens (including phenoxy) is 1. The molecule has 1 aliphatic carbocycles. The van der Waals surface area contributed by atoms with Gasteiger partial charge in [-0.15, -0.1) is 11.8 Å². The topological polar surface area (TPSA) is 105 Å². The summed E-state index contributed by atoms with van der Waals surface area (Å²) in [5.41, 5.74) is 5.30. The molecule has 1 aliphatic rings. The molecule has 35 heavy (non-hydrogen) atoms. The van der Waals surface area contributed by atoms with Crippen LogP contribution in [0, 0.1) is 0 Å². The Morgan fingerprint density at radius 2 is 1.49 bits per heavy atom. The first-order valence-corrected chi connectivity index (χ1v) is 12.4. The minimum Gasteiger partial charge on any atom is -0.480 e. The minimum absolute atomic E-state index is 0.0884. The third-order valence-electron chi connectivity index (χ3n) is 5.80. The van der Waals surface area contributed by atoms with Gasteiger partial charge in [-0.2, -0.15) is 0 Å². The van der Waals surface area contributed by atoms with Gasteiger partial charge in [0.25, 0.3) is 0 Å².